The van der Waals surface area contributed by atoms with Gasteiger partial charge < -0.3 is 10.1 Å². The van der Waals surface area contributed by atoms with E-state index in [9.17, 15) is 9.59 Å². The smallest absolute Gasteiger partial charge is 0.340 e. The Hall–Kier alpha value is -1.61. The Labute approximate surface area is 120 Å². The molecule has 3 N–H and O–H groups in total. The molecule has 0 bridgehead atoms. The van der Waals surface area contributed by atoms with Crippen molar-refractivity contribution in [1.82, 2.24) is 20.5 Å². The molecule has 19 heavy (non-hydrogen) atoms. The zero-order chi connectivity index (χ0) is 13.8. The zero-order valence-electron chi connectivity index (χ0n) is 9.95. The third kappa shape index (κ3) is 3.44. The largest absolute Gasteiger partial charge is 0.495 e. The molecular weight excluding hydrogens is 336 g/mol. The highest BCUT2D eigenvalue weighted by Crippen LogP contribution is 2.34. The van der Waals surface area contributed by atoms with Crippen LogP contribution in [0.4, 0.5) is 0 Å². The summed E-state index contributed by atoms with van der Waals surface area (Å²) in [7, 11) is 1.54. The fraction of sp³-hybridized carbons (Fsp3) is 0.300. The molecule has 0 aliphatic rings. The molecule has 0 radical (unpaired) electrons. The monoisotopic (exact) mass is 346 g/mol. The molecule has 0 saturated heterocycles. The van der Waals surface area contributed by atoms with Crippen LogP contribution in [0.2, 0.25) is 0 Å². The average Bonchev–Trinajstić information content (AvgIpc) is 2.95. The minimum atomic E-state index is -0.353. The standard InChI is InChI=1S/C10H11BrN4O3S/c1-18-5-4-6(19-8(5)11)9(16)12-3-2-7-13-10(17)15-14-7/h4H,2-3H2,1H3,(H,12,16)(H2,13,14,15,17). The second kappa shape index (κ2) is 6.02. The Morgan fingerprint density at radius 2 is 2.42 bits per heavy atom. The van der Waals surface area contributed by atoms with Gasteiger partial charge in [-0.25, -0.2) is 9.89 Å². The fourth-order valence-corrected chi connectivity index (χ4v) is 2.97. The number of nitrogens with one attached hydrogen (secondary N) is 3. The lowest BCUT2D eigenvalue weighted by Crippen LogP contribution is -2.25. The summed E-state index contributed by atoms with van der Waals surface area (Å²) in [6.45, 7) is 0.386. The Balaban J connectivity index is 1.88. The first-order valence-corrected chi connectivity index (χ1v) is 6.96. The van der Waals surface area contributed by atoms with E-state index in [1.54, 1.807) is 13.2 Å². The number of aromatic amines is 2. The molecule has 9 heteroatoms. The van der Waals surface area contributed by atoms with Crippen molar-refractivity contribution >= 4 is 33.2 Å². The average molecular weight is 347 g/mol. The van der Waals surface area contributed by atoms with Crippen LogP contribution in [0.5, 0.6) is 5.75 Å². The number of halogens is 1. The third-order valence-electron chi connectivity index (χ3n) is 2.30. The topological polar surface area (TPSA) is 99.9 Å². The van der Waals surface area contributed by atoms with Gasteiger partial charge in [0, 0.05) is 19.0 Å². The molecular formula is C10H11BrN4O3S. The minimum Gasteiger partial charge on any atom is -0.495 e. The number of hydrogen-bond acceptors (Lipinski definition) is 5. The van der Waals surface area contributed by atoms with Crippen molar-refractivity contribution in [2.24, 2.45) is 0 Å². The Morgan fingerprint density at radius 3 is 3.00 bits per heavy atom. The maximum Gasteiger partial charge on any atom is 0.340 e. The van der Waals surface area contributed by atoms with Crippen molar-refractivity contribution in [3.63, 3.8) is 0 Å². The molecule has 102 valence electrons. The molecule has 0 atom stereocenters. The SMILES string of the molecule is COc1cc(C(=O)NCCc2n[nH]c(=O)[nH]2)sc1Br. The molecule has 2 aromatic rings. The Morgan fingerprint density at radius 1 is 1.63 bits per heavy atom. The van der Waals surface area contributed by atoms with E-state index in [0.717, 1.165) is 3.79 Å². The van der Waals surface area contributed by atoms with E-state index in [2.05, 4.69) is 36.4 Å². The van der Waals surface area contributed by atoms with Gasteiger partial charge in [0.05, 0.1) is 12.0 Å². The number of hydrogen-bond donors (Lipinski definition) is 3. The second-order valence-electron chi connectivity index (χ2n) is 3.58. The number of ether oxygens (including phenoxy) is 1. The molecule has 2 rings (SSSR count). The van der Waals surface area contributed by atoms with E-state index in [4.69, 9.17) is 4.74 Å². The summed E-state index contributed by atoms with van der Waals surface area (Å²) in [6.07, 6.45) is 0.453. The molecule has 0 aromatic carbocycles. The van der Waals surface area contributed by atoms with Gasteiger partial charge in [0.25, 0.3) is 5.91 Å². The summed E-state index contributed by atoms with van der Waals surface area (Å²) in [5.41, 5.74) is -0.353. The molecule has 2 aromatic heterocycles. The first kappa shape index (κ1) is 13.8. The number of carbonyl (C=O) groups is 1. The van der Waals surface area contributed by atoms with Crippen LogP contribution in [0.25, 0.3) is 0 Å². The quantitative estimate of drug-likeness (QED) is 0.748. The molecule has 0 fully saturated rings. The van der Waals surface area contributed by atoms with Crippen LogP contribution in [0.3, 0.4) is 0 Å². The maximum atomic E-state index is 11.8. The fourth-order valence-electron chi connectivity index (χ4n) is 1.41. The highest BCUT2D eigenvalue weighted by atomic mass is 79.9. The number of amides is 1. The van der Waals surface area contributed by atoms with Gasteiger partial charge >= 0.3 is 5.69 Å². The van der Waals surface area contributed by atoms with Gasteiger partial charge in [-0.2, -0.15) is 5.10 Å². The number of H-pyrrole nitrogens is 2. The number of aromatic nitrogens is 3. The molecule has 2 heterocycles. The summed E-state index contributed by atoms with van der Waals surface area (Å²) < 4.78 is 5.86. The Kier molecular flexibility index (Phi) is 4.38. The normalized spacial score (nSPS) is 10.4. The molecule has 0 unspecified atom stereocenters. The van der Waals surface area contributed by atoms with Crippen LogP contribution < -0.4 is 15.7 Å². The maximum absolute atomic E-state index is 11.8. The van der Waals surface area contributed by atoms with Gasteiger partial charge in [0.2, 0.25) is 0 Å². The van der Waals surface area contributed by atoms with Crippen molar-refractivity contribution < 1.29 is 9.53 Å². The van der Waals surface area contributed by atoms with Gasteiger partial charge in [0.15, 0.2) is 0 Å². The summed E-state index contributed by atoms with van der Waals surface area (Å²) in [4.78, 5) is 25.7. The predicted octanol–water partition coefficient (Wildman–Crippen LogP) is 0.903. The first-order chi connectivity index (χ1) is 9.10. The van der Waals surface area contributed by atoms with E-state index in [0.29, 0.717) is 29.4 Å². The number of thiophene rings is 1. The van der Waals surface area contributed by atoms with E-state index >= 15 is 0 Å². The molecule has 0 saturated carbocycles. The highest BCUT2D eigenvalue weighted by Gasteiger charge is 2.13. The van der Waals surface area contributed by atoms with Crippen LogP contribution in [-0.4, -0.2) is 34.7 Å². The summed E-state index contributed by atoms with van der Waals surface area (Å²) in [5.74, 6) is 0.953. The van der Waals surface area contributed by atoms with E-state index in [1.807, 2.05) is 0 Å². The van der Waals surface area contributed by atoms with Crippen LogP contribution >= 0.6 is 27.3 Å². The van der Waals surface area contributed by atoms with Crippen LogP contribution in [0.15, 0.2) is 14.6 Å². The third-order valence-corrected chi connectivity index (χ3v) is 4.08. The lowest BCUT2D eigenvalue weighted by Gasteiger charge is -2.00. The van der Waals surface area contributed by atoms with Crippen LogP contribution in [0, 0.1) is 0 Å². The zero-order valence-corrected chi connectivity index (χ0v) is 12.4. The van der Waals surface area contributed by atoms with E-state index in [1.165, 1.54) is 11.3 Å². The van der Waals surface area contributed by atoms with Crippen molar-refractivity contribution in [3.8, 4) is 5.75 Å². The van der Waals surface area contributed by atoms with Crippen LogP contribution in [0.1, 0.15) is 15.5 Å². The lowest BCUT2D eigenvalue weighted by atomic mass is 10.3. The lowest BCUT2D eigenvalue weighted by molar-refractivity contribution is 0.0958. The van der Waals surface area contributed by atoms with Crippen LogP contribution in [-0.2, 0) is 6.42 Å². The van der Waals surface area contributed by atoms with Crippen molar-refractivity contribution in [3.05, 3.63) is 31.0 Å². The van der Waals surface area contributed by atoms with Gasteiger partial charge in [-0.1, -0.05) is 0 Å². The van der Waals surface area contributed by atoms with Gasteiger partial charge in [-0.3, -0.25) is 9.78 Å². The summed E-state index contributed by atoms with van der Waals surface area (Å²) in [5, 5.41) is 8.75. The molecule has 1 amide bonds. The molecule has 0 aliphatic heterocycles. The minimum absolute atomic E-state index is 0.188. The predicted molar refractivity (Wildman–Crippen MR) is 73.8 cm³/mol. The van der Waals surface area contributed by atoms with Gasteiger partial charge in [-0.15, -0.1) is 11.3 Å². The number of methoxy groups -OCH3 is 1. The van der Waals surface area contributed by atoms with Crippen molar-refractivity contribution in [2.45, 2.75) is 6.42 Å². The molecule has 7 nitrogen and oxygen atoms in total. The van der Waals surface area contributed by atoms with Crippen molar-refractivity contribution in [1.29, 1.82) is 0 Å². The molecule has 0 aliphatic carbocycles. The molecule has 0 spiro atoms. The first-order valence-electron chi connectivity index (χ1n) is 5.35. The number of nitrogens with zero attached hydrogens (tertiary/aromatic N) is 1. The Bertz CT molecular complexity index is 633. The second-order valence-corrected chi connectivity index (χ2v) is 5.95. The van der Waals surface area contributed by atoms with E-state index < -0.39 is 0 Å². The summed E-state index contributed by atoms with van der Waals surface area (Å²) >= 11 is 4.61. The van der Waals surface area contributed by atoms with E-state index in [-0.39, 0.29) is 11.6 Å². The van der Waals surface area contributed by atoms with Crippen molar-refractivity contribution in [2.75, 3.05) is 13.7 Å². The highest BCUT2D eigenvalue weighted by molar-refractivity contribution is 9.11. The number of rotatable bonds is 5. The number of carbonyl (C=O) groups excluding carboxylic acids is 1. The summed E-state index contributed by atoms with van der Waals surface area (Å²) in [6, 6.07) is 1.67. The van der Waals surface area contributed by atoms with Gasteiger partial charge in [-0.05, 0) is 15.9 Å². The van der Waals surface area contributed by atoms with Gasteiger partial charge in [0.1, 0.15) is 15.4 Å².